The molecule has 0 bridgehead atoms. The predicted molar refractivity (Wildman–Crippen MR) is 145 cm³/mol. The van der Waals surface area contributed by atoms with Crippen molar-refractivity contribution in [1.82, 2.24) is 9.55 Å². The van der Waals surface area contributed by atoms with E-state index in [0.29, 0.717) is 40.3 Å². The fourth-order valence-electron chi connectivity index (χ4n) is 5.30. The van der Waals surface area contributed by atoms with Gasteiger partial charge in [-0.05, 0) is 60.0 Å². The van der Waals surface area contributed by atoms with E-state index >= 15 is 0 Å². The number of benzene rings is 2. The number of hydrogen-bond acceptors (Lipinski definition) is 7. The van der Waals surface area contributed by atoms with Crippen LogP contribution in [-0.2, 0) is 11.3 Å². The van der Waals surface area contributed by atoms with E-state index in [4.69, 9.17) is 14.2 Å². The van der Waals surface area contributed by atoms with Crippen LogP contribution in [0.5, 0.6) is 17.2 Å². The van der Waals surface area contributed by atoms with Crippen molar-refractivity contribution in [2.45, 2.75) is 32.7 Å². The maximum absolute atomic E-state index is 14.0. The van der Waals surface area contributed by atoms with Crippen LogP contribution >= 0.6 is 0 Å². The van der Waals surface area contributed by atoms with E-state index in [1.54, 1.807) is 48.3 Å². The van der Waals surface area contributed by atoms with Crippen LogP contribution in [0.3, 0.4) is 0 Å². The molecular formula is C31H26N2O6. The summed E-state index contributed by atoms with van der Waals surface area (Å²) in [5.41, 5.74) is 2.61. The normalized spacial score (nSPS) is 17.2. The number of Topliss-reactive ketones (excluding diaryl/α,β-unsaturated/α-hetero) is 1. The van der Waals surface area contributed by atoms with Crippen LogP contribution in [0.25, 0.3) is 17.0 Å². The molecule has 2 aromatic heterocycles. The van der Waals surface area contributed by atoms with E-state index in [1.165, 1.54) is 0 Å². The number of carbonyl (C=O) groups is 2. The second-order valence-electron chi connectivity index (χ2n) is 10.1. The number of ether oxygens (including phenoxy) is 3. The first-order valence-electron chi connectivity index (χ1n) is 12.8. The summed E-state index contributed by atoms with van der Waals surface area (Å²) in [5, 5.41) is 0.812. The van der Waals surface area contributed by atoms with Crippen molar-refractivity contribution in [3.8, 4) is 17.2 Å². The van der Waals surface area contributed by atoms with Gasteiger partial charge in [0.2, 0.25) is 5.78 Å². The van der Waals surface area contributed by atoms with E-state index < -0.39 is 11.9 Å². The Morgan fingerprint density at radius 1 is 1.10 bits per heavy atom. The van der Waals surface area contributed by atoms with Crippen molar-refractivity contribution < 1.29 is 23.8 Å². The van der Waals surface area contributed by atoms with E-state index in [9.17, 15) is 14.4 Å². The molecule has 0 spiro atoms. The molecule has 0 fully saturated rings. The Bertz CT molecular complexity index is 1740. The summed E-state index contributed by atoms with van der Waals surface area (Å²) in [7, 11) is 1.59. The molecule has 4 aromatic rings. The monoisotopic (exact) mass is 522 g/mol. The van der Waals surface area contributed by atoms with Gasteiger partial charge in [0.1, 0.15) is 17.2 Å². The first-order valence-corrected chi connectivity index (χ1v) is 12.8. The lowest BCUT2D eigenvalue weighted by Crippen LogP contribution is -2.31. The number of aromatic nitrogens is 2. The molecule has 2 aliphatic rings. The minimum atomic E-state index is -0.664. The number of nitrogens with zero attached hydrogens (tertiary/aromatic N) is 2. The van der Waals surface area contributed by atoms with Crippen LogP contribution < -0.4 is 19.8 Å². The van der Waals surface area contributed by atoms with Gasteiger partial charge >= 0.3 is 5.97 Å². The van der Waals surface area contributed by atoms with Gasteiger partial charge in [-0.2, -0.15) is 0 Å². The number of allylic oxidation sites excluding steroid dienone is 1. The fraction of sp³-hybridized carbons (Fsp3) is 0.226. The Hall–Kier alpha value is -4.72. The second-order valence-corrected chi connectivity index (χ2v) is 10.1. The van der Waals surface area contributed by atoms with Gasteiger partial charge in [0.05, 0.1) is 24.6 Å². The summed E-state index contributed by atoms with van der Waals surface area (Å²) < 4.78 is 18.9. The average Bonchev–Trinajstić information content (AvgIpc) is 3.24. The summed E-state index contributed by atoms with van der Waals surface area (Å²) in [6.07, 6.45) is 4.85. The molecule has 8 nitrogen and oxygen atoms in total. The Kier molecular flexibility index (Phi) is 6.02. The van der Waals surface area contributed by atoms with Crippen LogP contribution in [0, 0.1) is 5.92 Å². The van der Waals surface area contributed by atoms with Crippen LogP contribution in [0.2, 0.25) is 0 Å². The van der Waals surface area contributed by atoms with Crippen LogP contribution in [0.1, 0.15) is 53.2 Å². The highest BCUT2D eigenvalue weighted by Gasteiger charge is 2.39. The first-order chi connectivity index (χ1) is 18.8. The molecule has 6 rings (SSSR count). The van der Waals surface area contributed by atoms with Gasteiger partial charge < -0.3 is 18.8 Å². The molecule has 4 heterocycles. The summed E-state index contributed by atoms with van der Waals surface area (Å²) in [4.78, 5) is 44.1. The molecule has 0 aliphatic carbocycles. The SMILES string of the molecule is COc1ccc2c(c1)cc([C@H]1CC(=O)Oc3ccc4c(c31)O/C(=C\c1cccnc1)C4=O)c(=O)n2CC(C)C. The number of esters is 1. The van der Waals surface area contributed by atoms with Gasteiger partial charge in [0, 0.05) is 41.4 Å². The first kappa shape index (κ1) is 24.6. The van der Waals surface area contributed by atoms with Crippen molar-refractivity contribution in [2.24, 2.45) is 5.92 Å². The smallest absolute Gasteiger partial charge is 0.312 e. The minimum Gasteiger partial charge on any atom is -0.497 e. The third-order valence-corrected chi connectivity index (χ3v) is 7.01. The lowest BCUT2D eigenvalue weighted by Gasteiger charge is -2.27. The van der Waals surface area contributed by atoms with E-state index in [2.05, 4.69) is 4.98 Å². The summed E-state index contributed by atoms with van der Waals surface area (Å²) in [6.45, 7) is 4.59. The second kappa shape index (κ2) is 9.54. The fourth-order valence-corrected chi connectivity index (χ4v) is 5.30. The molecule has 0 radical (unpaired) electrons. The predicted octanol–water partition coefficient (Wildman–Crippen LogP) is 5.12. The van der Waals surface area contributed by atoms with Gasteiger partial charge in [0.15, 0.2) is 5.76 Å². The number of pyridine rings is 2. The number of rotatable bonds is 5. The molecule has 8 heteroatoms. The molecule has 1 atom stereocenters. The molecule has 39 heavy (non-hydrogen) atoms. The minimum absolute atomic E-state index is 0.0605. The third-order valence-electron chi connectivity index (χ3n) is 7.01. The topological polar surface area (TPSA) is 96.7 Å². The maximum Gasteiger partial charge on any atom is 0.312 e. The van der Waals surface area contributed by atoms with Crippen molar-refractivity contribution in [3.63, 3.8) is 0 Å². The van der Waals surface area contributed by atoms with Crippen molar-refractivity contribution in [3.05, 3.63) is 99.3 Å². The quantitative estimate of drug-likeness (QED) is 0.204. The lowest BCUT2D eigenvalue weighted by atomic mass is 9.84. The number of ketones is 1. The van der Waals surface area contributed by atoms with Gasteiger partial charge in [-0.25, -0.2) is 0 Å². The molecule has 0 saturated heterocycles. The standard InChI is InChI=1S/C31H26N2O6/c1-17(2)16-33-24-8-6-20(37-3)12-19(24)13-23(31(33)36)22-14-27(34)38-25-9-7-21-29(35)26(39-30(21)28(22)25)11-18-5-4-10-32-15-18/h4-13,15,17,22H,14,16H2,1-3H3/b26-11-/t22-/m1/s1. The highest BCUT2D eigenvalue weighted by molar-refractivity contribution is 6.15. The highest BCUT2D eigenvalue weighted by atomic mass is 16.5. The molecular weight excluding hydrogens is 496 g/mol. The molecule has 0 N–H and O–H groups in total. The van der Waals surface area contributed by atoms with Crippen LogP contribution in [0.4, 0.5) is 0 Å². The molecule has 2 aliphatic heterocycles. The lowest BCUT2D eigenvalue weighted by molar-refractivity contribution is -0.135. The Labute approximate surface area is 224 Å². The van der Waals surface area contributed by atoms with Crippen LogP contribution in [0.15, 0.2) is 71.5 Å². The molecule has 0 unspecified atom stereocenters. The zero-order valence-corrected chi connectivity index (χ0v) is 21.8. The number of methoxy groups -OCH3 is 1. The maximum atomic E-state index is 14.0. The Morgan fingerprint density at radius 3 is 2.69 bits per heavy atom. The Morgan fingerprint density at radius 2 is 1.95 bits per heavy atom. The van der Waals surface area contributed by atoms with Crippen molar-refractivity contribution >= 4 is 28.7 Å². The summed E-state index contributed by atoms with van der Waals surface area (Å²) in [6, 6.07) is 14.2. The molecule has 0 amide bonds. The van der Waals surface area contributed by atoms with Gasteiger partial charge in [-0.15, -0.1) is 0 Å². The molecule has 196 valence electrons. The molecule has 0 saturated carbocycles. The molecule has 2 aromatic carbocycles. The van der Waals surface area contributed by atoms with Gasteiger partial charge in [-0.1, -0.05) is 19.9 Å². The van der Waals surface area contributed by atoms with Crippen LogP contribution in [-0.4, -0.2) is 28.4 Å². The van der Waals surface area contributed by atoms with E-state index in [-0.39, 0.29) is 35.2 Å². The zero-order chi connectivity index (χ0) is 27.3. The number of fused-ring (bicyclic) bond motifs is 4. The van der Waals surface area contributed by atoms with Crippen molar-refractivity contribution in [1.29, 1.82) is 0 Å². The van der Waals surface area contributed by atoms with E-state index in [0.717, 1.165) is 10.9 Å². The number of carbonyl (C=O) groups excluding carboxylic acids is 2. The van der Waals surface area contributed by atoms with E-state index in [1.807, 2.05) is 44.2 Å². The van der Waals surface area contributed by atoms with Crippen molar-refractivity contribution in [2.75, 3.05) is 7.11 Å². The van der Waals surface area contributed by atoms with Gasteiger partial charge in [-0.3, -0.25) is 19.4 Å². The Balaban J connectivity index is 1.55. The number of hydrogen-bond donors (Lipinski definition) is 0. The zero-order valence-electron chi connectivity index (χ0n) is 21.8. The van der Waals surface area contributed by atoms with Gasteiger partial charge in [0.25, 0.3) is 5.56 Å². The third kappa shape index (κ3) is 4.27. The largest absolute Gasteiger partial charge is 0.497 e. The summed E-state index contributed by atoms with van der Waals surface area (Å²) >= 11 is 0. The average molecular weight is 523 g/mol. The summed E-state index contributed by atoms with van der Waals surface area (Å²) in [5.74, 6) is 0.197. The highest BCUT2D eigenvalue weighted by Crippen LogP contribution is 2.48.